The average molecular weight is 283 g/mol. The lowest BCUT2D eigenvalue weighted by Gasteiger charge is -2.38. The van der Waals surface area contributed by atoms with Crippen molar-refractivity contribution in [2.75, 3.05) is 26.2 Å². The van der Waals surface area contributed by atoms with Crippen LogP contribution in [-0.2, 0) is 4.79 Å². The van der Waals surface area contributed by atoms with Gasteiger partial charge in [0.15, 0.2) is 0 Å². The van der Waals surface area contributed by atoms with Crippen molar-refractivity contribution in [2.24, 2.45) is 0 Å². The number of hydrogen-bond donors (Lipinski definition) is 2. The van der Waals surface area contributed by atoms with Crippen LogP contribution in [0, 0.1) is 0 Å². The summed E-state index contributed by atoms with van der Waals surface area (Å²) in [6.45, 7) is 5.20. The predicted molar refractivity (Wildman–Crippen MR) is 75.6 cm³/mol. The van der Waals surface area contributed by atoms with Gasteiger partial charge in [0, 0.05) is 19.1 Å². The first-order valence-electron chi connectivity index (χ1n) is 7.66. The topological polar surface area (TPSA) is 72.9 Å². The number of likely N-dealkylation sites (tertiary alicyclic amines) is 1. The zero-order valence-electron chi connectivity index (χ0n) is 12.2. The SMILES string of the molecule is CCCN(C(=O)N1CCCC1C(=O)O)C1CCNCC1. The van der Waals surface area contributed by atoms with E-state index in [2.05, 4.69) is 12.2 Å². The molecule has 2 fully saturated rings. The second-order valence-electron chi connectivity index (χ2n) is 5.65. The highest BCUT2D eigenvalue weighted by Crippen LogP contribution is 2.22. The number of nitrogens with zero attached hydrogens (tertiary/aromatic N) is 2. The van der Waals surface area contributed by atoms with Crippen molar-refractivity contribution >= 4 is 12.0 Å². The smallest absolute Gasteiger partial charge is 0.326 e. The number of carbonyl (C=O) groups is 2. The maximum Gasteiger partial charge on any atom is 0.326 e. The third-order valence-electron chi connectivity index (χ3n) is 4.24. The molecule has 0 aromatic carbocycles. The van der Waals surface area contributed by atoms with Crippen molar-refractivity contribution in [3.05, 3.63) is 0 Å². The van der Waals surface area contributed by atoms with Crippen LogP contribution < -0.4 is 5.32 Å². The van der Waals surface area contributed by atoms with Crippen LogP contribution in [0.4, 0.5) is 4.79 Å². The Morgan fingerprint density at radius 2 is 2.00 bits per heavy atom. The highest BCUT2D eigenvalue weighted by molar-refractivity contribution is 5.83. The van der Waals surface area contributed by atoms with E-state index in [1.807, 2.05) is 4.90 Å². The van der Waals surface area contributed by atoms with Gasteiger partial charge in [-0.05, 0) is 45.2 Å². The molecule has 2 rings (SSSR count). The molecule has 2 N–H and O–H groups in total. The first-order chi connectivity index (χ1) is 9.65. The summed E-state index contributed by atoms with van der Waals surface area (Å²) in [5.41, 5.74) is 0. The van der Waals surface area contributed by atoms with E-state index in [9.17, 15) is 14.7 Å². The van der Waals surface area contributed by atoms with E-state index < -0.39 is 12.0 Å². The van der Waals surface area contributed by atoms with Crippen molar-refractivity contribution in [1.82, 2.24) is 15.1 Å². The molecule has 114 valence electrons. The Bertz CT molecular complexity index is 356. The van der Waals surface area contributed by atoms with Gasteiger partial charge in [0.05, 0.1) is 0 Å². The van der Waals surface area contributed by atoms with Crippen LogP contribution in [-0.4, -0.2) is 65.2 Å². The van der Waals surface area contributed by atoms with Gasteiger partial charge >= 0.3 is 12.0 Å². The maximum atomic E-state index is 12.7. The Labute approximate surface area is 120 Å². The van der Waals surface area contributed by atoms with E-state index in [0.29, 0.717) is 19.5 Å². The highest BCUT2D eigenvalue weighted by atomic mass is 16.4. The second-order valence-corrected chi connectivity index (χ2v) is 5.65. The molecule has 0 aromatic rings. The van der Waals surface area contributed by atoms with Crippen molar-refractivity contribution in [2.45, 2.75) is 51.1 Å². The molecule has 2 aliphatic rings. The number of carbonyl (C=O) groups excluding carboxylic acids is 1. The minimum Gasteiger partial charge on any atom is -0.480 e. The Morgan fingerprint density at radius 1 is 1.30 bits per heavy atom. The molecule has 20 heavy (non-hydrogen) atoms. The summed E-state index contributed by atoms with van der Waals surface area (Å²) in [4.78, 5) is 27.4. The summed E-state index contributed by atoms with van der Waals surface area (Å²) in [5.74, 6) is -0.877. The minimum atomic E-state index is -0.877. The third-order valence-corrected chi connectivity index (χ3v) is 4.24. The van der Waals surface area contributed by atoms with Crippen molar-refractivity contribution in [1.29, 1.82) is 0 Å². The summed E-state index contributed by atoms with van der Waals surface area (Å²) in [5, 5.41) is 12.5. The number of aliphatic carboxylic acids is 1. The number of carboxylic acid groups (broad SMARTS) is 1. The lowest BCUT2D eigenvalue weighted by atomic mass is 10.0. The molecular weight excluding hydrogens is 258 g/mol. The van der Waals surface area contributed by atoms with E-state index in [0.717, 1.165) is 38.8 Å². The normalized spacial score (nSPS) is 23.9. The maximum absolute atomic E-state index is 12.7. The lowest BCUT2D eigenvalue weighted by molar-refractivity contribution is -0.141. The van der Waals surface area contributed by atoms with E-state index in [-0.39, 0.29) is 12.1 Å². The number of nitrogens with one attached hydrogen (secondary N) is 1. The molecule has 6 heteroatoms. The van der Waals surface area contributed by atoms with E-state index in [1.165, 1.54) is 0 Å². The number of carboxylic acids is 1. The Balaban J connectivity index is 2.07. The number of hydrogen-bond acceptors (Lipinski definition) is 3. The van der Waals surface area contributed by atoms with Gasteiger partial charge in [-0.15, -0.1) is 0 Å². The fraction of sp³-hybridized carbons (Fsp3) is 0.857. The molecule has 0 aromatic heterocycles. The number of urea groups is 1. The van der Waals surface area contributed by atoms with Gasteiger partial charge in [0.1, 0.15) is 6.04 Å². The summed E-state index contributed by atoms with van der Waals surface area (Å²) in [6, 6.07) is -0.467. The van der Waals surface area contributed by atoms with E-state index in [1.54, 1.807) is 4.90 Å². The van der Waals surface area contributed by atoms with E-state index >= 15 is 0 Å². The minimum absolute atomic E-state index is 0.0800. The van der Waals surface area contributed by atoms with Crippen LogP contribution in [0.25, 0.3) is 0 Å². The number of piperidine rings is 1. The summed E-state index contributed by atoms with van der Waals surface area (Å²) in [7, 11) is 0. The monoisotopic (exact) mass is 283 g/mol. The predicted octanol–water partition coefficient (Wildman–Crippen LogP) is 1.12. The van der Waals surface area contributed by atoms with Crippen LogP contribution in [0.3, 0.4) is 0 Å². The molecule has 2 saturated heterocycles. The van der Waals surface area contributed by atoms with Crippen LogP contribution in [0.1, 0.15) is 39.0 Å². The molecule has 2 aliphatic heterocycles. The van der Waals surface area contributed by atoms with Crippen LogP contribution in [0.5, 0.6) is 0 Å². The third kappa shape index (κ3) is 3.23. The van der Waals surface area contributed by atoms with Crippen molar-refractivity contribution < 1.29 is 14.7 Å². The highest BCUT2D eigenvalue weighted by Gasteiger charge is 2.37. The molecule has 0 spiro atoms. The molecule has 2 heterocycles. The Hall–Kier alpha value is -1.30. The van der Waals surface area contributed by atoms with Crippen LogP contribution >= 0.6 is 0 Å². The Morgan fingerprint density at radius 3 is 2.60 bits per heavy atom. The van der Waals surface area contributed by atoms with Crippen molar-refractivity contribution in [3.8, 4) is 0 Å². The fourth-order valence-corrected chi connectivity index (χ4v) is 3.21. The molecule has 2 amide bonds. The first kappa shape index (κ1) is 15.1. The zero-order valence-corrected chi connectivity index (χ0v) is 12.2. The first-order valence-corrected chi connectivity index (χ1v) is 7.66. The molecule has 0 bridgehead atoms. The standard InChI is InChI=1S/C14H25N3O3/c1-2-9-16(11-5-7-15-8-6-11)14(20)17-10-3-4-12(17)13(18)19/h11-12,15H,2-10H2,1H3,(H,18,19). The lowest BCUT2D eigenvalue weighted by Crippen LogP contribution is -2.53. The molecule has 0 radical (unpaired) electrons. The summed E-state index contributed by atoms with van der Waals surface area (Å²) in [6.07, 6.45) is 4.18. The largest absolute Gasteiger partial charge is 0.480 e. The molecular formula is C14H25N3O3. The zero-order chi connectivity index (χ0) is 14.5. The number of rotatable bonds is 4. The molecule has 1 atom stereocenters. The second kappa shape index (κ2) is 6.92. The van der Waals surface area contributed by atoms with Crippen LogP contribution in [0.15, 0.2) is 0 Å². The van der Waals surface area contributed by atoms with Crippen LogP contribution in [0.2, 0.25) is 0 Å². The fourth-order valence-electron chi connectivity index (χ4n) is 3.21. The van der Waals surface area contributed by atoms with Gasteiger partial charge in [-0.25, -0.2) is 9.59 Å². The van der Waals surface area contributed by atoms with Gasteiger partial charge in [-0.3, -0.25) is 0 Å². The number of amides is 2. The van der Waals surface area contributed by atoms with E-state index in [4.69, 9.17) is 0 Å². The molecule has 0 saturated carbocycles. The van der Waals surface area contributed by atoms with Crippen molar-refractivity contribution in [3.63, 3.8) is 0 Å². The quantitative estimate of drug-likeness (QED) is 0.811. The molecule has 0 aliphatic carbocycles. The molecule has 1 unspecified atom stereocenters. The Kier molecular flexibility index (Phi) is 5.23. The van der Waals surface area contributed by atoms with Gasteiger partial charge in [0.25, 0.3) is 0 Å². The molecule has 6 nitrogen and oxygen atoms in total. The van der Waals surface area contributed by atoms with Gasteiger partial charge in [-0.2, -0.15) is 0 Å². The summed E-state index contributed by atoms with van der Waals surface area (Å²) >= 11 is 0. The summed E-state index contributed by atoms with van der Waals surface area (Å²) < 4.78 is 0. The van der Waals surface area contributed by atoms with Gasteiger partial charge in [-0.1, -0.05) is 6.92 Å². The average Bonchev–Trinajstić information content (AvgIpc) is 2.94. The van der Waals surface area contributed by atoms with Gasteiger partial charge < -0.3 is 20.2 Å². The van der Waals surface area contributed by atoms with Gasteiger partial charge in [0.2, 0.25) is 0 Å².